The zero-order valence-electron chi connectivity index (χ0n) is 15.3. The van der Waals surface area contributed by atoms with E-state index in [1.807, 2.05) is 18.3 Å². The first kappa shape index (κ1) is 20.4. The molecule has 0 bridgehead atoms. The van der Waals surface area contributed by atoms with Gasteiger partial charge in [0.1, 0.15) is 17.7 Å². The highest BCUT2D eigenvalue weighted by molar-refractivity contribution is 7.89. The second kappa shape index (κ2) is 8.38. The fourth-order valence-corrected chi connectivity index (χ4v) is 4.64. The predicted molar refractivity (Wildman–Crippen MR) is 95.6 cm³/mol. The van der Waals surface area contributed by atoms with Crippen molar-refractivity contribution in [2.24, 2.45) is 0 Å². The molecule has 1 atom stereocenters. The van der Waals surface area contributed by atoms with E-state index in [9.17, 15) is 22.0 Å². The van der Waals surface area contributed by atoms with Gasteiger partial charge in [0, 0.05) is 26.2 Å². The maximum absolute atomic E-state index is 13.9. The quantitative estimate of drug-likeness (QED) is 0.755. The Hall–Kier alpha value is -2.30. The summed E-state index contributed by atoms with van der Waals surface area (Å²) in [5, 5.41) is 1.83. The van der Waals surface area contributed by atoms with Crippen molar-refractivity contribution < 1.29 is 31.7 Å². The summed E-state index contributed by atoms with van der Waals surface area (Å²) >= 11 is 0. The fourth-order valence-electron chi connectivity index (χ4n) is 3.11. The van der Waals surface area contributed by atoms with Crippen LogP contribution in [-0.4, -0.2) is 56.3 Å². The number of sulfonamides is 1. The number of hydrogen-bond donors (Lipinski definition) is 1. The summed E-state index contributed by atoms with van der Waals surface area (Å²) in [6.45, 7) is 2.40. The second-order valence-electron chi connectivity index (χ2n) is 6.58. The van der Waals surface area contributed by atoms with Crippen LogP contribution >= 0.6 is 0 Å². The molecule has 1 saturated heterocycles. The number of piperazine rings is 1. The van der Waals surface area contributed by atoms with Gasteiger partial charge in [0.05, 0.1) is 6.26 Å². The zero-order chi connectivity index (χ0) is 20.3. The molecule has 1 amide bonds. The second-order valence-corrected chi connectivity index (χ2v) is 8.45. The molecular formula is C18H22F2N3O4S+. The van der Waals surface area contributed by atoms with Crippen molar-refractivity contribution in [1.82, 2.24) is 9.21 Å². The Labute approximate surface area is 162 Å². The number of quaternary nitrogens is 1. The predicted octanol–water partition coefficient (Wildman–Crippen LogP) is 0.715. The first-order valence-electron chi connectivity index (χ1n) is 8.89. The lowest BCUT2D eigenvalue weighted by molar-refractivity contribution is -0.685. The maximum atomic E-state index is 13.9. The van der Waals surface area contributed by atoms with Gasteiger partial charge in [-0.1, -0.05) is 6.07 Å². The van der Waals surface area contributed by atoms with Gasteiger partial charge in [0.2, 0.25) is 10.0 Å². The number of nitrogens with two attached hydrogens (primary N) is 1. The van der Waals surface area contributed by atoms with E-state index in [4.69, 9.17) is 4.42 Å². The summed E-state index contributed by atoms with van der Waals surface area (Å²) in [6, 6.07) is 6.51. The Balaban J connectivity index is 1.57. The van der Waals surface area contributed by atoms with Crippen molar-refractivity contribution in [1.29, 1.82) is 0 Å². The molecule has 2 N–H and O–H groups in total. The molecule has 0 spiro atoms. The van der Waals surface area contributed by atoms with Crippen molar-refractivity contribution >= 4 is 15.9 Å². The van der Waals surface area contributed by atoms with Crippen LogP contribution in [0.5, 0.6) is 0 Å². The van der Waals surface area contributed by atoms with Gasteiger partial charge in [-0.2, -0.15) is 4.31 Å². The average Bonchev–Trinajstić information content (AvgIpc) is 3.20. The van der Waals surface area contributed by atoms with Crippen molar-refractivity contribution in [3.05, 3.63) is 54.0 Å². The largest absolute Gasteiger partial charge is 0.463 e. The molecule has 0 unspecified atom stereocenters. The monoisotopic (exact) mass is 414 g/mol. The summed E-state index contributed by atoms with van der Waals surface area (Å²) in [6.07, 6.45) is 1.57. The molecule has 10 heteroatoms. The van der Waals surface area contributed by atoms with Gasteiger partial charge in [0.25, 0.3) is 5.91 Å². The molecule has 1 aromatic carbocycles. The minimum absolute atomic E-state index is 0.0183. The number of carbonyl (C=O) groups excluding carboxylic acids is 1. The van der Waals surface area contributed by atoms with E-state index in [-0.39, 0.29) is 44.7 Å². The minimum atomic E-state index is -4.30. The van der Waals surface area contributed by atoms with Gasteiger partial charge < -0.3 is 14.6 Å². The van der Waals surface area contributed by atoms with E-state index >= 15 is 0 Å². The highest BCUT2D eigenvalue weighted by atomic mass is 32.2. The van der Waals surface area contributed by atoms with E-state index in [0.717, 1.165) is 28.3 Å². The fraction of sp³-hybridized carbons (Fsp3) is 0.389. The van der Waals surface area contributed by atoms with E-state index in [0.29, 0.717) is 0 Å². The van der Waals surface area contributed by atoms with Gasteiger partial charge >= 0.3 is 0 Å². The third-order valence-corrected chi connectivity index (χ3v) is 6.70. The lowest BCUT2D eigenvalue weighted by Gasteiger charge is -2.33. The number of furan rings is 1. The standard InChI is InChI=1S/C18H21F2N3O4S/c1-13(16-6-3-11-27-16)21-12-17(24)22-7-9-23(10-8-22)28(25,26)18-14(19)4-2-5-15(18)20/h2-6,11,13,21H,7-10,12H2,1H3/p+1/t13-/m1/s1. The van der Waals surface area contributed by atoms with Crippen molar-refractivity contribution in [2.75, 3.05) is 32.7 Å². The minimum Gasteiger partial charge on any atom is -0.463 e. The van der Waals surface area contributed by atoms with Crippen LogP contribution in [0, 0.1) is 11.6 Å². The van der Waals surface area contributed by atoms with Crippen LogP contribution in [0.2, 0.25) is 0 Å². The zero-order valence-corrected chi connectivity index (χ0v) is 16.2. The van der Waals surface area contributed by atoms with E-state index < -0.39 is 26.6 Å². The summed E-state index contributed by atoms with van der Waals surface area (Å²) in [5.74, 6) is -1.62. The highest BCUT2D eigenvalue weighted by Gasteiger charge is 2.34. The molecule has 2 heterocycles. The van der Waals surface area contributed by atoms with Crippen molar-refractivity contribution in [2.45, 2.75) is 17.9 Å². The Morgan fingerprint density at radius 3 is 2.36 bits per heavy atom. The molecule has 0 saturated carbocycles. The van der Waals surface area contributed by atoms with Crippen LogP contribution in [-0.2, 0) is 14.8 Å². The Morgan fingerprint density at radius 2 is 1.79 bits per heavy atom. The summed E-state index contributed by atoms with van der Waals surface area (Å²) in [5.41, 5.74) is 0. The first-order chi connectivity index (χ1) is 13.3. The molecule has 3 rings (SSSR count). The van der Waals surface area contributed by atoms with Gasteiger partial charge in [-0.25, -0.2) is 17.2 Å². The van der Waals surface area contributed by atoms with Crippen molar-refractivity contribution in [3.63, 3.8) is 0 Å². The smallest absolute Gasteiger partial charge is 0.277 e. The van der Waals surface area contributed by atoms with Crippen molar-refractivity contribution in [3.8, 4) is 0 Å². The van der Waals surface area contributed by atoms with Crippen LogP contribution in [0.4, 0.5) is 8.78 Å². The van der Waals surface area contributed by atoms with Crippen LogP contribution < -0.4 is 5.32 Å². The average molecular weight is 414 g/mol. The molecule has 1 aromatic heterocycles. The normalized spacial score (nSPS) is 16.9. The topological polar surface area (TPSA) is 87.4 Å². The molecule has 1 aliphatic rings. The summed E-state index contributed by atoms with van der Waals surface area (Å²) in [4.78, 5) is 13.0. The number of amides is 1. The number of nitrogens with zero attached hydrogens (tertiary/aromatic N) is 2. The van der Waals surface area contributed by atoms with Gasteiger partial charge in [-0.3, -0.25) is 4.79 Å². The van der Waals surface area contributed by atoms with Gasteiger partial charge in [-0.05, 0) is 31.2 Å². The molecular weight excluding hydrogens is 392 g/mol. The Bertz CT molecular complexity index is 906. The Morgan fingerprint density at radius 1 is 1.14 bits per heavy atom. The number of benzene rings is 1. The molecule has 28 heavy (non-hydrogen) atoms. The third-order valence-electron chi connectivity index (χ3n) is 4.75. The molecule has 0 radical (unpaired) electrons. The number of rotatable bonds is 6. The van der Waals surface area contributed by atoms with Gasteiger partial charge in [0.15, 0.2) is 17.2 Å². The van der Waals surface area contributed by atoms with Crippen LogP contribution in [0.25, 0.3) is 0 Å². The molecule has 2 aromatic rings. The van der Waals surface area contributed by atoms with E-state index in [2.05, 4.69) is 0 Å². The van der Waals surface area contributed by atoms with E-state index in [1.165, 1.54) is 0 Å². The van der Waals surface area contributed by atoms with Crippen LogP contribution in [0.15, 0.2) is 45.9 Å². The molecule has 152 valence electrons. The first-order valence-corrected chi connectivity index (χ1v) is 10.3. The lowest BCUT2D eigenvalue weighted by Crippen LogP contribution is -2.87. The lowest BCUT2D eigenvalue weighted by atomic mass is 10.2. The highest BCUT2D eigenvalue weighted by Crippen LogP contribution is 2.23. The third kappa shape index (κ3) is 4.23. The van der Waals surface area contributed by atoms with Gasteiger partial charge in [-0.15, -0.1) is 0 Å². The molecule has 1 fully saturated rings. The molecule has 7 nitrogen and oxygen atoms in total. The maximum Gasteiger partial charge on any atom is 0.277 e. The summed E-state index contributed by atoms with van der Waals surface area (Å²) < 4.78 is 59.2. The number of carbonyl (C=O) groups is 1. The number of halogens is 2. The Kier molecular flexibility index (Phi) is 6.11. The SMILES string of the molecule is C[C@@H]([NH2+]CC(=O)N1CCN(S(=O)(=O)c2c(F)cccc2F)CC1)c1ccco1. The van der Waals surface area contributed by atoms with Crippen LogP contribution in [0.1, 0.15) is 18.7 Å². The summed E-state index contributed by atoms with van der Waals surface area (Å²) in [7, 11) is -4.30. The van der Waals surface area contributed by atoms with Crippen LogP contribution in [0.3, 0.4) is 0 Å². The molecule has 0 aliphatic carbocycles. The number of hydrogen-bond acceptors (Lipinski definition) is 4. The molecule has 1 aliphatic heterocycles. The van der Waals surface area contributed by atoms with E-state index in [1.54, 1.807) is 17.2 Å².